The van der Waals surface area contributed by atoms with Crippen LogP contribution in [0.5, 0.6) is 0 Å². The third-order valence-corrected chi connectivity index (χ3v) is 7.90. The van der Waals surface area contributed by atoms with Gasteiger partial charge >= 0.3 is 7.12 Å². The molecule has 1 aliphatic carbocycles. The number of fused-ring (bicyclic) bond motifs is 1. The van der Waals surface area contributed by atoms with Crippen LogP contribution < -0.4 is 5.46 Å². The molecule has 3 nitrogen and oxygen atoms in total. The van der Waals surface area contributed by atoms with Crippen molar-refractivity contribution in [3.05, 3.63) is 50.7 Å². The van der Waals surface area contributed by atoms with Crippen LogP contribution in [-0.4, -0.2) is 24.1 Å². The van der Waals surface area contributed by atoms with E-state index in [4.69, 9.17) is 9.31 Å². The molecule has 5 heteroatoms. The largest absolute Gasteiger partial charge is 0.495 e. The van der Waals surface area contributed by atoms with Crippen LogP contribution in [0.15, 0.2) is 24.3 Å². The van der Waals surface area contributed by atoms with E-state index in [1.165, 1.54) is 23.3 Å². The van der Waals surface area contributed by atoms with E-state index in [-0.39, 0.29) is 17.0 Å². The first kappa shape index (κ1) is 19.9. The fourth-order valence-electron chi connectivity index (χ4n) is 4.01. The molecule has 0 bridgehead atoms. The van der Waals surface area contributed by atoms with Gasteiger partial charge in [-0.1, -0.05) is 18.2 Å². The second kappa shape index (κ2) is 7.12. The van der Waals surface area contributed by atoms with Gasteiger partial charge in [-0.2, -0.15) is 0 Å². The van der Waals surface area contributed by atoms with E-state index >= 15 is 0 Å². The normalized spacial score (nSPS) is 20.2. The standard InChI is InChI=1S/C23H29BO3S/c1-15-16(13-19(25)21-14-17-9-6-7-12-20(17)28-21)10-8-11-18(15)24-26-22(2,3)23(4,5)27-24/h8,10-11,14H,6-7,9,12-13H2,1-5H3. The lowest BCUT2D eigenvalue weighted by molar-refractivity contribution is 0.00578. The van der Waals surface area contributed by atoms with Crippen molar-refractivity contribution >= 4 is 29.7 Å². The molecule has 2 heterocycles. The number of thiophene rings is 1. The molecule has 148 valence electrons. The lowest BCUT2D eigenvalue weighted by Crippen LogP contribution is -2.41. The predicted octanol–water partition coefficient (Wildman–Crippen LogP) is 4.66. The van der Waals surface area contributed by atoms with Crippen LogP contribution in [0.3, 0.4) is 0 Å². The Morgan fingerprint density at radius 3 is 2.46 bits per heavy atom. The third-order valence-electron chi connectivity index (χ3n) is 6.62. The van der Waals surface area contributed by atoms with Crippen LogP contribution in [0.2, 0.25) is 0 Å². The Labute approximate surface area is 172 Å². The molecule has 0 spiro atoms. The molecule has 0 saturated carbocycles. The fraction of sp³-hybridized carbons (Fsp3) is 0.522. The SMILES string of the molecule is Cc1c(CC(=O)c2cc3c(s2)CCCC3)cccc1B1OC(C)(C)C(C)(C)O1. The number of ketones is 1. The average molecular weight is 396 g/mol. The first-order valence-electron chi connectivity index (χ1n) is 10.3. The maximum atomic E-state index is 13.0. The number of benzene rings is 1. The molecule has 4 rings (SSSR count). The summed E-state index contributed by atoms with van der Waals surface area (Å²) >= 11 is 1.70. The van der Waals surface area contributed by atoms with Crippen LogP contribution in [0.1, 0.15) is 71.8 Å². The maximum absolute atomic E-state index is 13.0. The zero-order valence-electron chi connectivity index (χ0n) is 17.6. The summed E-state index contributed by atoms with van der Waals surface area (Å²) in [5.74, 6) is 0.216. The van der Waals surface area contributed by atoms with Gasteiger partial charge < -0.3 is 9.31 Å². The number of carbonyl (C=O) groups excluding carboxylic acids is 1. The summed E-state index contributed by atoms with van der Waals surface area (Å²) in [4.78, 5) is 15.3. The van der Waals surface area contributed by atoms with Crippen molar-refractivity contribution in [1.29, 1.82) is 0 Å². The molecule has 2 aliphatic rings. The number of hydrogen-bond acceptors (Lipinski definition) is 4. The van der Waals surface area contributed by atoms with Gasteiger partial charge in [0.2, 0.25) is 0 Å². The molecule has 0 radical (unpaired) electrons. The van der Waals surface area contributed by atoms with Crippen molar-refractivity contribution in [1.82, 2.24) is 0 Å². The Bertz CT molecular complexity index is 873. The van der Waals surface area contributed by atoms with E-state index < -0.39 is 7.12 Å². The van der Waals surface area contributed by atoms with Crippen LogP contribution in [0.25, 0.3) is 0 Å². The maximum Gasteiger partial charge on any atom is 0.495 e. The molecule has 1 saturated heterocycles. The number of hydrogen-bond donors (Lipinski definition) is 0. The first-order valence-corrected chi connectivity index (χ1v) is 11.1. The molecule has 0 atom stereocenters. The Morgan fingerprint density at radius 2 is 1.79 bits per heavy atom. The number of rotatable bonds is 4. The van der Waals surface area contributed by atoms with E-state index in [2.05, 4.69) is 52.8 Å². The summed E-state index contributed by atoms with van der Waals surface area (Å²) in [6, 6.07) is 8.25. The van der Waals surface area contributed by atoms with Gasteiger partial charge in [0.05, 0.1) is 16.1 Å². The monoisotopic (exact) mass is 396 g/mol. The number of Topliss-reactive ketones (excluding diaryl/α,β-unsaturated/α-hetero) is 1. The Hall–Kier alpha value is -1.43. The van der Waals surface area contributed by atoms with E-state index in [9.17, 15) is 4.79 Å². The van der Waals surface area contributed by atoms with E-state index in [0.717, 1.165) is 34.3 Å². The minimum atomic E-state index is -0.394. The summed E-state index contributed by atoms with van der Waals surface area (Å²) in [5, 5.41) is 0. The lowest BCUT2D eigenvalue weighted by Gasteiger charge is -2.32. The first-order chi connectivity index (χ1) is 13.2. The molecular formula is C23H29BO3S. The molecule has 1 aromatic carbocycles. The number of carbonyl (C=O) groups is 1. The van der Waals surface area contributed by atoms with Gasteiger partial charge in [-0.15, -0.1) is 11.3 Å². The van der Waals surface area contributed by atoms with Crippen molar-refractivity contribution in [3.8, 4) is 0 Å². The Kier molecular flexibility index (Phi) is 5.05. The average Bonchev–Trinajstić information content (AvgIpc) is 3.15. The van der Waals surface area contributed by atoms with Gasteiger partial charge in [-0.25, -0.2) is 0 Å². The summed E-state index contributed by atoms with van der Waals surface area (Å²) < 4.78 is 12.5. The van der Waals surface area contributed by atoms with Gasteiger partial charge in [0.25, 0.3) is 0 Å². The van der Waals surface area contributed by atoms with E-state index in [0.29, 0.717) is 6.42 Å². The summed E-state index contributed by atoms with van der Waals surface area (Å²) in [5.41, 5.74) is 3.83. The Morgan fingerprint density at radius 1 is 1.11 bits per heavy atom. The van der Waals surface area contributed by atoms with Crippen LogP contribution in [0.4, 0.5) is 0 Å². The molecular weight excluding hydrogens is 367 g/mol. The molecule has 28 heavy (non-hydrogen) atoms. The summed E-state index contributed by atoms with van der Waals surface area (Å²) in [6.07, 6.45) is 5.17. The molecule has 0 amide bonds. The van der Waals surface area contributed by atoms with Crippen LogP contribution in [-0.2, 0) is 28.6 Å². The van der Waals surface area contributed by atoms with Gasteiger partial charge in [0.15, 0.2) is 5.78 Å². The van der Waals surface area contributed by atoms with Crippen LogP contribution >= 0.6 is 11.3 Å². The molecule has 1 fully saturated rings. The minimum absolute atomic E-state index is 0.216. The highest BCUT2D eigenvalue weighted by Gasteiger charge is 2.52. The van der Waals surface area contributed by atoms with Gasteiger partial charge in [-0.05, 0) is 88.5 Å². The third kappa shape index (κ3) is 3.49. The summed E-state index contributed by atoms with van der Waals surface area (Å²) in [7, 11) is -0.394. The van der Waals surface area contributed by atoms with Crippen molar-refractivity contribution in [2.45, 2.75) is 77.9 Å². The van der Waals surface area contributed by atoms with Gasteiger partial charge in [0, 0.05) is 11.3 Å². The molecule has 0 N–H and O–H groups in total. The second-order valence-electron chi connectivity index (χ2n) is 9.09. The van der Waals surface area contributed by atoms with Crippen LogP contribution in [0, 0.1) is 6.92 Å². The second-order valence-corrected chi connectivity index (χ2v) is 10.2. The van der Waals surface area contributed by atoms with Crippen molar-refractivity contribution in [2.24, 2.45) is 0 Å². The van der Waals surface area contributed by atoms with Crippen molar-refractivity contribution < 1.29 is 14.1 Å². The highest BCUT2D eigenvalue weighted by Crippen LogP contribution is 2.37. The van der Waals surface area contributed by atoms with Gasteiger partial charge in [0.1, 0.15) is 0 Å². The minimum Gasteiger partial charge on any atom is -0.399 e. The highest BCUT2D eigenvalue weighted by molar-refractivity contribution is 7.14. The number of aryl methyl sites for hydroxylation is 2. The molecule has 1 aromatic heterocycles. The van der Waals surface area contributed by atoms with E-state index in [1.54, 1.807) is 11.3 Å². The van der Waals surface area contributed by atoms with E-state index in [1.807, 2.05) is 6.07 Å². The molecule has 0 unspecified atom stereocenters. The summed E-state index contributed by atoms with van der Waals surface area (Å²) in [6.45, 7) is 10.3. The zero-order valence-corrected chi connectivity index (χ0v) is 18.4. The Balaban J connectivity index is 1.56. The smallest absolute Gasteiger partial charge is 0.399 e. The van der Waals surface area contributed by atoms with Crippen molar-refractivity contribution in [3.63, 3.8) is 0 Å². The molecule has 2 aromatic rings. The quantitative estimate of drug-likeness (QED) is 0.557. The fourth-order valence-corrected chi connectivity index (χ4v) is 5.20. The predicted molar refractivity (Wildman–Crippen MR) is 116 cm³/mol. The lowest BCUT2D eigenvalue weighted by atomic mass is 9.74. The topological polar surface area (TPSA) is 35.5 Å². The zero-order chi connectivity index (χ0) is 20.1. The van der Waals surface area contributed by atoms with Gasteiger partial charge in [-0.3, -0.25) is 4.79 Å². The molecule has 1 aliphatic heterocycles. The van der Waals surface area contributed by atoms with Crippen molar-refractivity contribution in [2.75, 3.05) is 0 Å². The highest BCUT2D eigenvalue weighted by atomic mass is 32.1.